The first-order chi connectivity index (χ1) is 20.0. The Morgan fingerprint density at radius 1 is 1.05 bits per heavy atom. The van der Waals surface area contributed by atoms with E-state index in [9.17, 15) is 9.90 Å². The maximum Gasteiger partial charge on any atom is 0.316 e. The summed E-state index contributed by atoms with van der Waals surface area (Å²) in [4.78, 5) is 13.6. The molecule has 220 valence electrons. The summed E-state index contributed by atoms with van der Waals surface area (Å²) in [6.07, 6.45) is 2.02. The molecule has 0 saturated heterocycles. The van der Waals surface area contributed by atoms with Gasteiger partial charge >= 0.3 is 6.03 Å². The second kappa shape index (κ2) is 11.7. The van der Waals surface area contributed by atoms with Crippen molar-refractivity contribution < 1.29 is 18.7 Å². The summed E-state index contributed by atoms with van der Waals surface area (Å²) in [5.74, 6) is -1.52. The third-order valence-electron chi connectivity index (χ3n) is 7.96. The number of para-hydroxylation sites is 1. The Morgan fingerprint density at radius 3 is 2.31 bits per heavy atom. The first-order valence-corrected chi connectivity index (χ1v) is 14.3. The average Bonchev–Trinajstić information content (AvgIpc) is 3.32. The number of anilines is 1. The summed E-state index contributed by atoms with van der Waals surface area (Å²) in [6, 6.07) is 16.6. The zero-order valence-corrected chi connectivity index (χ0v) is 24.4. The second-order valence-electron chi connectivity index (χ2n) is 11.3. The van der Waals surface area contributed by atoms with Gasteiger partial charge in [-0.1, -0.05) is 62.4 Å². The van der Waals surface area contributed by atoms with E-state index < -0.39 is 23.3 Å². The maximum atomic E-state index is 15.9. The predicted molar refractivity (Wildman–Crippen MR) is 160 cm³/mol. The number of nitrogens with two attached hydrogens (primary N) is 1. The Balaban J connectivity index is 1.74. The Bertz CT molecular complexity index is 1590. The molecule has 2 amide bonds. The SMILES string of the molecule is CCc1cccc(CC)c1-n1nc2c(c1-c1cc(F)c(NC(N)=O)cc1F)CN(C(c1ccccc1)C(C)(C)O)CC2. The summed E-state index contributed by atoms with van der Waals surface area (Å²) in [7, 11) is 0. The van der Waals surface area contributed by atoms with Gasteiger partial charge in [0.05, 0.1) is 34.4 Å². The van der Waals surface area contributed by atoms with E-state index in [1.807, 2.05) is 48.5 Å². The van der Waals surface area contributed by atoms with Crippen molar-refractivity contribution in [2.24, 2.45) is 5.73 Å². The number of fused-ring (bicyclic) bond motifs is 1. The standard InChI is InChI=1S/C33H37F2N5O2/c1-5-20-13-10-14-21(6-2)29(20)40-30(23-17-26(35)28(18-25(23)34)37-32(36)41)24-19-39(16-15-27(24)38-40)31(33(3,4)42)22-11-8-7-9-12-22/h7-14,17-18,31,42H,5-6,15-16,19H2,1-4H3,(H3,36,37,41). The molecule has 5 rings (SSSR count). The fourth-order valence-corrected chi connectivity index (χ4v) is 6.20. The number of benzene rings is 3. The van der Waals surface area contributed by atoms with Crippen LogP contribution in [0.15, 0.2) is 60.7 Å². The minimum atomic E-state index is -1.08. The molecule has 3 aromatic carbocycles. The van der Waals surface area contributed by atoms with Crippen LogP contribution in [0.25, 0.3) is 16.9 Å². The number of hydrogen-bond acceptors (Lipinski definition) is 4. The van der Waals surface area contributed by atoms with E-state index in [1.54, 1.807) is 18.5 Å². The van der Waals surface area contributed by atoms with Crippen LogP contribution < -0.4 is 11.1 Å². The van der Waals surface area contributed by atoms with Gasteiger partial charge in [-0.05, 0) is 49.4 Å². The minimum Gasteiger partial charge on any atom is -0.388 e. The van der Waals surface area contributed by atoms with Gasteiger partial charge in [-0.3, -0.25) is 4.90 Å². The summed E-state index contributed by atoms with van der Waals surface area (Å²) in [5.41, 5.74) is 9.73. The molecule has 4 aromatic rings. The highest BCUT2D eigenvalue weighted by Gasteiger charge is 2.38. The summed E-state index contributed by atoms with van der Waals surface area (Å²) >= 11 is 0. The zero-order chi connectivity index (χ0) is 30.2. The highest BCUT2D eigenvalue weighted by atomic mass is 19.1. The van der Waals surface area contributed by atoms with E-state index in [0.717, 1.165) is 58.6 Å². The molecule has 1 aliphatic rings. The van der Waals surface area contributed by atoms with Crippen molar-refractivity contribution in [3.05, 3.63) is 100 Å². The molecule has 0 bridgehead atoms. The maximum absolute atomic E-state index is 15.9. The van der Waals surface area contributed by atoms with Crippen molar-refractivity contribution in [1.29, 1.82) is 0 Å². The lowest BCUT2D eigenvalue weighted by Crippen LogP contribution is -2.44. The number of carbonyl (C=O) groups excluding carboxylic acids is 1. The summed E-state index contributed by atoms with van der Waals surface area (Å²) in [5, 5.41) is 18.5. The van der Waals surface area contributed by atoms with Gasteiger partial charge in [-0.2, -0.15) is 5.10 Å². The van der Waals surface area contributed by atoms with Crippen molar-refractivity contribution in [2.75, 3.05) is 11.9 Å². The van der Waals surface area contributed by atoms with Crippen LogP contribution in [0.3, 0.4) is 0 Å². The second-order valence-corrected chi connectivity index (χ2v) is 11.3. The van der Waals surface area contributed by atoms with Crippen molar-refractivity contribution in [2.45, 2.75) is 65.1 Å². The van der Waals surface area contributed by atoms with Crippen LogP contribution in [0, 0.1) is 11.6 Å². The van der Waals surface area contributed by atoms with Crippen molar-refractivity contribution in [3.8, 4) is 16.9 Å². The third-order valence-corrected chi connectivity index (χ3v) is 7.96. The molecule has 0 saturated carbocycles. The lowest BCUT2D eigenvalue weighted by molar-refractivity contribution is -0.0272. The Morgan fingerprint density at radius 2 is 1.71 bits per heavy atom. The van der Waals surface area contributed by atoms with Crippen LogP contribution in [0.4, 0.5) is 19.3 Å². The van der Waals surface area contributed by atoms with Gasteiger partial charge in [0.2, 0.25) is 0 Å². The highest BCUT2D eigenvalue weighted by molar-refractivity contribution is 5.88. The van der Waals surface area contributed by atoms with E-state index in [4.69, 9.17) is 10.8 Å². The first-order valence-electron chi connectivity index (χ1n) is 14.3. The molecular formula is C33H37F2N5O2. The zero-order valence-electron chi connectivity index (χ0n) is 24.4. The van der Waals surface area contributed by atoms with E-state index in [-0.39, 0.29) is 17.3 Å². The van der Waals surface area contributed by atoms with Crippen LogP contribution >= 0.6 is 0 Å². The normalized spacial score (nSPS) is 14.5. The first kappa shape index (κ1) is 29.4. The van der Waals surface area contributed by atoms with Gasteiger partial charge in [0.25, 0.3) is 0 Å². The summed E-state index contributed by atoms with van der Waals surface area (Å²) < 4.78 is 33.0. The Labute approximate surface area is 245 Å². The van der Waals surface area contributed by atoms with Gasteiger partial charge in [0, 0.05) is 36.7 Å². The number of aliphatic hydroxyl groups is 1. The topological polar surface area (TPSA) is 96.4 Å². The molecule has 0 spiro atoms. The van der Waals surface area contributed by atoms with Crippen molar-refractivity contribution in [3.63, 3.8) is 0 Å². The van der Waals surface area contributed by atoms with Crippen LogP contribution in [0.2, 0.25) is 0 Å². The average molecular weight is 574 g/mol. The number of nitrogens with one attached hydrogen (secondary N) is 1. The molecular weight excluding hydrogens is 536 g/mol. The smallest absolute Gasteiger partial charge is 0.316 e. The quantitative estimate of drug-likeness (QED) is 0.230. The van der Waals surface area contributed by atoms with Gasteiger partial charge in [-0.15, -0.1) is 0 Å². The lowest BCUT2D eigenvalue weighted by Gasteiger charge is -2.41. The predicted octanol–water partition coefficient (Wildman–Crippen LogP) is 6.30. The molecule has 0 aliphatic carbocycles. The van der Waals surface area contributed by atoms with Crippen molar-refractivity contribution >= 4 is 11.7 Å². The monoisotopic (exact) mass is 573 g/mol. The Hall–Kier alpha value is -4.08. The van der Waals surface area contributed by atoms with E-state index in [2.05, 4.69) is 24.1 Å². The molecule has 4 N–H and O–H groups in total. The van der Waals surface area contributed by atoms with Crippen LogP contribution in [0.1, 0.15) is 61.7 Å². The molecule has 1 atom stereocenters. The molecule has 0 radical (unpaired) electrons. The number of urea groups is 1. The van der Waals surface area contributed by atoms with E-state index in [0.29, 0.717) is 25.2 Å². The van der Waals surface area contributed by atoms with Gasteiger partial charge in [0.1, 0.15) is 11.6 Å². The fraction of sp³-hybridized carbons (Fsp3) is 0.333. The lowest BCUT2D eigenvalue weighted by atomic mass is 9.88. The van der Waals surface area contributed by atoms with Crippen LogP contribution in [0.5, 0.6) is 0 Å². The van der Waals surface area contributed by atoms with E-state index >= 15 is 8.78 Å². The number of hydrogen-bond donors (Lipinski definition) is 3. The number of rotatable bonds is 8. The molecule has 0 fully saturated rings. The number of halogens is 2. The highest BCUT2D eigenvalue weighted by Crippen LogP contribution is 2.41. The minimum absolute atomic E-state index is 0.0330. The number of aryl methyl sites for hydroxylation is 2. The number of amides is 2. The molecule has 1 aromatic heterocycles. The van der Waals surface area contributed by atoms with Crippen LogP contribution in [-0.4, -0.2) is 38.0 Å². The molecule has 9 heteroatoms. The number of aromatic nitrogens is 2. The number of nitrogens with zero attached hydrogens (tertiary/aromatic N) is 3. The van der Waals surface area contributed by atoms with Gasteiger partial charge in [-0.25, -0.2) is 18.3 Å². The van der Waals surface area contributed by atoms with Gasteiger partial charge < -0.3 is 16.2 Å². The van der Waals surface area contributed by atoms with Crippen LogP contribution in [-0.2, 0) is 25.8 Å². The molecule has 1 aliphatic heterocycles. The fourth-order valence-electron chi connectivity index (χ4n) is 6.20. The largest absolute Gasteiger partial charge is 0.388 e. The number of primary amides is 1. The molecule has 42 heavy (non-hydrogen) atoms. The third kappa shape index (κ3) is 5.54. The number of carbonyl (C=O) groups is 1. The van der Waals surface area contributed by atoms with Crippen molar-refractivity contribution in [1.82, 2.24) is 14.7 Å². The molecule has 7 nitrogen and oxygen atoms in total. The molecule has 1 unspecified atom stereocenters. The van der Waals surface area contributed by atoms with Gasteiger partial charge in [0.15, 0.2) is 0 Å². The molecule has 2 heterocycles. The Kier molecular flexibility index (Phi) is 8.17. The summed E-state index contributed by atoms with van der Waals surface area (Å²) in [6.45, 7) is 8.68. The van der Waals surface area contributed by atoms with E-state index in [1.165, 1.54) is 0 Å².